The lowest BCUT2D eigenvalue weighted by atomic mass is 10.2. The van der Waals surface area contributed by atoms with Crippen LogP contribution in [0.1, 0.15) is 11.1 Å². The quantitative estimate of drug-likeness (QED) is 0.253. The Morgan fingerprint density at radius 1 is 0.536 bits per heavy atom. The highest BCUT2D eigenvalue weighted by Gasteiger charge is 2.14. The van der Waals surface area contributed by atoms with E-state index in [1.54, 1.807) is 0 Å². The van der Waals surface area contributed by atoms with Crippen molar-refractivity contribution in [1.82, 2.24) is 0 Å². The number of aryl methyl sites for hydroxylation is 1. The van der Waals surface area contributed by atoms with Gasteiger partial charge in [-0.25, -0.2) is 0 Å². The summed E-state index contributed by atoms with van der Waals surface area (Å²) in [5.74, 6) is 0. The van der Waals surface area contributed by atoms with Crippen LogP contribution in [-0.4, -0.2) is 0 Å². The van der Waals surface area contributed by atoms with Crippen molar-refractivity contribution in [2.45, 2.75) is 12.3 Å². The maximum absolute atomic E-state index is 3.38. The van der Waals surface area contributed by atoms with Gasteiger partial charge in [0, 0.05) is 5.33 Å². The summed E-state index contributed by atoms with van der Waals surface area (Å²) in [7, 11) is -0.446. The van der Waals surface area contributed by atoms with Crippen molar-refractivity contribution in [1.29, 1.82) is 0 Å². The predicted octanol–water partition coefficient (Wildman–Crippen LogP) is 6.33. The third kappa shape index (κ3) is 5.89. The van der Waals surface area contributed by atoms with Crippen molar-refractivity contribution in [3.05, 3.63) is 126 Å². The molecule has 140 valence electrons. The van der Waals surface area contributed by atoms with Gasteiger partial charge in [0.25, 0.3) is 0 Å². The molecule has 0 aliphatic rings. The van der Waals surface area contributed by atoms with Crippen molar-refractivity contribution in [2.75, 3.05) is 0 Å². The number of rotatable bonds is 4. The van der Waals surface area contributed by atoms with E-state index < -0.39 is 7.92 Å². The van der Waals surface area contributed by atoms with Crippen LogP contribution in [-0.2, 0) is 5.33 Å². The molecule has 0 bridgehead atoms. The lowest BCUT2D eigenvalue weighted by molar-refractivity contribution is 1.38. The monoisotopic (exact) mass is 446 g/mol. The van der Waals surface area contributed by atoms with E-state index in [0.717, 1.165) is 5.33 Å². The molecule has 0 atom stereocenters. The predicted molar refractivity (Wildman–Crippen MR) is 129 cm³/mol. The van der Waals surface area contributed by atoms with Crippen LogP contribution in [0, 0.1) is 6.92 Å². The van der Waals surface area contributed by atoms with Gasteiger partial charge in [-0.2, -0.15) is 0 Å². The standard InChI is InChI=1S/C18H15P.C8H9Br/c1-4-10-16(11-5-1)19(17-12-6-2-7-13-17)18-14-8-3-9-15-18;1-7-2-4-8(6-9)5-3-7/h1-15H;2-5H,6H2,1H3. The van der Waals surface area contributed by atoms with Gasteiger partial charge in [-0.1, -0.05) is 137 Å². The average Bonchev–Trinajstić information content (AvgIpc) is 2.77. The molecule has 28 heavy (non-hydrogen) atoms. The molecule has 0 unspecified atom stereocenters. The molecular formula is C26H24BrP. The minimum absolute atomic E-state index is 0.446. The zero-order chi connectivity index (χ0) is 19.6. The Hall–Kier alpha value is -2.21. The third-order valence-corrected chi connectivity index (χ3v) is 7.41. The summed E-state index contributed by atoms with van der Waals surface area (Å²) in [6, 6.07) is 40.8. The summed E-state index contributed by atoms with van der Waals surface area (Å²) in [6.45, 7) is 2.10. The van der Waals surface area contributed by atoms with E-state index in [4.69, 9.17) is 0 Å². The number of hydrogen-bond donors (Lipinski definition) is 0. The molecule has 0 fully saturated rings. The van der Waals surface area contributed by atoms with Crippen LogP contribution in [0.4, 0.5) is 0 Å². The van der Waals surface area contributed by atoms with Crippen LogP contribution in [0.3, 0.4) is 0 Å². The second-order valence-electron chi connectivity index (χ2n) is 6.46. The van der Waals surface area contributed by atoms with E-state index in [1.807, 2.05) is 0 Å². The van der Waals surface area contributed by atoms with Crippen molar-refractivity contribution in [2.24, 2.45) is 0 Å². The largest absolute Gasteiger partial charge is 0.0876 e. The molecule has 0 heterocycles. The van der Waals surface area contributed by atoms with Crippen LogP contribution in [0.5, 0.6) is 0 Å². The van der Waals surface area contributed by atoms with Gasteiger partial charge in [-0.15, -0.1) is 0 Å². The Kier molecular flexibility index (Phi) is 8.03. The van der Waals surface area contributed by atoms with Crippen LogP contribution < -0.4 is 15.9 Å². The second-order valence-corrected chi connectivity index (χ2v) is 9.24. The SMILES string of the molecule is Cc1ccc(CBr)cc1.c1ccc(P(c2ccccc2)c2ccccc2)cc1. The molecule has 0 aliphatic carbocycles. The molecule has 0 nitrogen and oxygen atoms in total. The van der Waals surface area contributed by atoms with Crippen molar-refractivity contribution in [3.63, 3.8) is 0 Å². The maximum atomic E-state index is 3.38. The zero-order valence-electron chi connectivity index (χ0n) is 16.0. The average molecular weight is 447 g/mol. The van der Waals surface area contributed by atoms with E-state index in [0.29, 0.717) is 0 Å². The highest BCUT2D eigenvalue weighted by molar-refractivity contribution is 9.08. The number of hydrogen-bond acceptors (Lipinski definition) is 0. The van der Waals surface area contributed by atoms with Gasteiger partial charge in [0.1, 0.15) is 0 Å². The first kappa shape index (κ1) is 20.5. The first-order valence-corrected chi connectivity index (χ1v) is 11.8. The highest BCUT2D eigenvalue weighted by atomic mass is 79.9. The molecule has 4 aromatic rings. The Labute approximate surface area is 178 Å². The smallest absolute Gasteiger partial charge is 0.0283 e. The van der Waals surface area contributed by atoms with Crippen molar-refractivity contribution < 1.29 is 0 Å². The zero-order valence-corrected chi connectivity index (χ0v) is 18.5. The molecule has 0 amide bonds. The number of benzene rings is 4. The van der Waals surface area contributed by atoms with E-state index >= 15 is 0 Å². The van der Waals surface area contributed by atoms with Gasteiger partial charge in [0.15, 0.2) is 0 Å². The highest BCUT2D eigenvalue weighted by Crippen LogP contribution is 2.32. The second kappa shape index (κ2) is 11.0. The minimum Gasteiger partial charge on any atom is -0.0876 e. The molecule has 2 heteroatoms. The van der Waals surface area contributed by atoms with E-state index in [1.165, 1.54) is 27.0 Å². The molecule has 0 N–H and O–H groups in total. The van der Waals surface area contributed by atoms with Crippen LogP contribution >= 0.6 is 23.9 Å². The molecule has 0 saturated heterocycles. The van der Waals surface area contributed by atoms with Crippen LogP contribution in [0.15, 0.2) is 115 Å². The third-order valence-electron chi connectivity index (χ3n) is 4.32. The summed E-state index contributed by atoms with van der Waals surface area (Å²) in [5, 5.41) is 5.15. The summed E-state index contributed by atoms with van der Waals surface area (Å²) in [5.41, 5.74) is 2.65. The Morgan fingerprint density at radius 2 is 0.893 bits per heavy atom. The van der Waals surface area contributed by atoms with Gasteiger partial charge in [0.2, 0.25) is 0 Å². The Balaban J connectivity index is 0.000000211. The van der Waals surface area contributed by atoms with E-state index in [2.05, 4.69) is 138 Å². The van der Waals surface area contributed by atoms with Gasteiger partial charge in [-0.05, 0) is 36.3 Å². The fourth-order valence-electron chi connectivity index (χ4n) is 2.86. The first-order valence-electron chi connectivity index (χ1n) is 9.35. The lowest BCUT2D eigenvalue weighted by Gasteiger charge is -2.18. The normalized spacial score (nSPS) is 10.2. The number of alkyl halides is 1. The molecule has 0 radical (unpaired) electrons. The summed E-state index contributed by atoms with van der Waals surface area (Å²) >= 11 is 3.38. The van der Waals surface area contributed by atoms with Crippen molar-refractivity contribution >= 4 is 39.8 Å². The Bertz CT molecular complexity index is 842. The fraction of sp³-hybridized carbons (Fsp3) is 0.0769. The van der Waals surface area contributed by atoms with Crippen molar-refractivity contribution in [3.8, 4) is 0 Å². The Morgan fingerprint density at radius 3 is 1.21 bits per heavy atom. The maximum Gasteiger partial charge on any atom is 0.0283 e. The van der Waals surface area contributed by atoms with Gasteiger partial charge in [-0.3, -0.25) is 0 Å². The van der Waals surface area contributed by atoms with E-state index in [-0.39, 0.29) is 0 Å². The molecule has 4 aromatic carbocycles. The molecular weight excluding hydrogens is 423 g/mol. The minimum atomic E-state index is -0.446. The summed E-state index contributed by atoms with van der Waals surface area (Å²) in [6.07, 6.45) is 0. The van der Waals surface area contributed by atoms with Gasteiger partial charge < -0.3 is 0 Å². The topological polar surface area (TPSA) is 0 Å². The van der Waals surface area contributed by atoms with Crippen LogP contribution in [0.25, 0.3) is 0 Å². The molecule has 0 saturated carbocycles. The number of halogens is 1. The van der Waals surface area contributed by atoms with Gasteiger partial charge >= 0.3 is 0 Å². The van der Waals surface area contributed by atoms with Crippen LogP contribution in [0.2, 0.25) is 0 Å². The molecule has 4 rings (SSSR count). The first-order chi connectivity index (χ1) is 13.8. The molecule has 0 aliphatic heterocycles. The molecule has 0 spiro atoms. The lowest BCUT2D eigenvalue weighted by Crippen LogP contribution is -2.20. The van der Waals surface area contributed by atoms with Gasteiger partial charge in [0.05, 0.1) is 0 Å². The fourth-order valence-corrected chi connectivity index (χ4v) is 5.53. The summed E-state index contributed by atoms with van der Waals surface area (Å²) < 4.78 is 0. The summed E-state index contributed by atoms with van der Waals surface area (Å²) in [4.78, 5) is 0. The van der Waals surface area contributed by atoms with E-state index in [9.17, 15) is 0 Å². The molecule has 0 aromatic heterocycles.